The average Bonchev–Trinajstić information content (AvgIpc) is 2.40. The van der Waals surface area contributed by atoms with Crippen molar-refractivity contribution in [2.24, 2.45) is 0 Å². The Kier molecular flexibility index (Phi) is 4.54. The molecule has 18 heavy (non-hydrogen) atoms. The van der Waals surface area contributed by atoms with Gasteiger partial charge in [-0.05, 0) is 13.0 Å². The van der Waals surface area contributed by atoms with E-state index in [9.17, 15) is 0 Å². The highest BCUT2D eigenvalue weighted by atomic mass is 16.5. The molecule has 0 radical (unpaired) electrons. The van der Waals surface area contributed by atoms with E-state index in [0.29, 0.717) is 17.3 Å². The molecule has 1 aromatic rings. The predicted molar refractivity (Wildman–Crippen MR) is 71.2 cm³/mol. The summed E-state index contributed by atoms with van der Waals surface area (Å²) >= 11 is 0. The van der Waals surface area contributed by atoms with Crippen molar-refractivity contribution < 1.29 is 4.74 Å². The Balaban J connectivity index is 1.70. The normalized spacial score (nSPS) is 16.7. The van der Waals surface area contributed by atoms with Gasteiger partial charge in [-0.1, -0.05) is 0 Å². The van der Waals surface area contributed by atoms with Crippen LogP contribution in [-0.4, -0.2) is 54.3 Å². The smallest absolute Gasteiger partial charge is 0.154 e. The lowest BCUT2D eigenvalue weighted by Crippen LogP contribution is -2.37. The molecule has 0 bridgehead atoms. The van der Waals surface area contributed by atoms with Crippen LogP contribution in [0.15, 0.2) is 6.33 Å². The number of nitrogens with zero attached hydrogens (tertiary/aromatic N) is 3. The largest absolute Gasteiger partial charge is 0.393 e. The molecule has 1 aliphatic rings. The minimum atomic E-state index is 0.320. The second-order valence-electron chi connectivity index (χ2n) is 4.26. The number of nitrogens with two attached hydrogens (primary N) is 2. The molecular formula is C11H20N6O. The quantitative estimate of drug-likeness (QED) is 0.622. The summed E-state index contributed by atoms with van der Waals surface area (Å²) in [5.41, 5.74) is 11.8. The molecular weight excluding hydrogens is 232 g/mol. The van der Waals surface area contributed by atoms with Gasteiger partial charge < -0.3 is 21.5 Å². The molecule has 0 saturated carbocycles. The fraction of sp³-hybridized carbons (Fsp3) is 0.636. The Bertz CT molecular complexity index is 380. The molecule has 0 aliphatic carbocycles. The summed E-state index contributed by atoms with van der Waals surface area (Å²) < 4.78 is 5.30. The van der Waals surface area contributed by atoms with Crippen molar-refractivity contribution in [3.63, 3.8) is 0 Å². The van der Waals surface area contributed by atoms with Gasteiger partial charge in [0, 0.05) is 19.6 Å². The van der Waals surface area contributed by atoms with Gasteiger partial charge in [-0.15, -0.1) is 0 Å². The summed E-state index contributed by atoms with van der Waals surface area (Å²) in [6.07, 6.45) is 2.44. The highest BCUT2D eigenvalue weighted by Crippen LogP contribution is 2.18. The first-order valence-corrected chi connectivity index (χ1v) is 6.17. The van der Waals surface area contributed by atoms with E-state index in [1.54, 1.807) is 0 Å². The molecule has 0 atom stereocenters. The molecule has 2 heterocycles. The predicted octanol–water partition coefficient (Wildman–Crippen LogP) is -0.225. The second-order valence-corrected chi connectivity index (χ2v) is 4.26. The number of nitrogen functional groups attached to an aromatic ring is 2. The van der Waals surface area contributed by atoms with Gasteiger partial charge in [0.15, 0.2) is 11.6 Å². The molecule has 7 heteroatoms. The molecule has 0 unspecified atom stereocenters. The molecule has 0 aromatic carbocycles. The van der Waals surface area contributed by atoms with Crippen molar-refractivity contribution in [3.8, 4) is 0 Å². The molecule has 2 rings (SSSR count). The van der Waals surface area contributed by atoms with Gasteiger partial charge in [-0.3, -0.25) is 4.90 Å². The number of ether oxygens (including phenoxy) is 1. The highest BCUT2D eigenvalue weighted by Gasteiger charge is 2.09. The minimum Gasteiger partial charge on any atom is -0.393 e. The fourth-order valence-electron chi connectivity index (χ4n) is 1.88. The minimum absolute atomic E-state index is 0.320. The van der Waals surface area contributed by atoms with E-state index in [4.69, 9.17) is 16.2 Å². The summed E-state index contributed by atoms with van der Waals surface area (Å²) in [7, 11) is 0. The van der Waals surface area contributed by atoms with E-state index in [1.807, 2.05) is 0 Å². The third-order valence-corrected chi connectivity index (χ3v) is 2.96. The molecule has 0 amide bonds. The number of hydrogen-bond acceptors (Lipinski definition) is 7. The SMILES string of the molecule is Nc1ncnc(NCCCN2CCOCC2)c1N. The lowest BCUT2D eigenvalue weighted by molar-refractivity contribution is 0.0378. The first-order chi connectivity index (χ1) is 8.77. The van der Waals surface area contributed by atoms with Crippen LogP contribution in [0.4, 0.5) is 17.3 Å². The number of anilines is 3. The Morgan fingerprint density at radius 1 is 1.28 bits per heavy atom. The van der Waals surface area contributed by atoms with Crippen molar-refractivity contribution in [1.82, 2.24) is 14.9 Å². The van der Waals surface area contributed by atoms with Crippen LogP contribution in [0.1, 0.15) is 6.42 Å². The van der Waals surface area contributed by atoms with Gasteiger partial charge in [-0.2, -0.15) is 0 Å². The molecule has 7 nitrogen and oxygen atoms in total. The summed E-state index contributed by atoms with van der Waals surface area (Å²) in [5.74, 6) is 0.935. The van der Waals surface area contributed by atoms with Gasteiger partial charge >= 0.3 is 0 Å². The molecule has 1 saturated heterocycles. The van der Waals surface area contributed by atoms with E-state index in [1.165, 1.54) is 6.33 Å². The summed E-state index contributed by atoms with van der Waals surface area (Å²) in [6, 6.07) is 0. The van der Waals surface area contributed by atoms with Gasteiger partial charge in [0.05, 0.1) is 13.2 Å². The van der Waals surface area contributed by atoms with Crippen LogP contribution in [0, 0.1) is 0 Å². The Hall–Kier alpha value is -1.60. The third-order valence-electron chi connectivity index (χ3n) is 2.96. The molecule has 1 aliphatic heterocycles. The van der Waals surface area contributed by atoms with Crippen LogP contribution in [-0.2, 0) is 4.74 Å². The van der Waals surface area contributed by atoms with Crippen molar-refractivity contribution in [1.29, 1.82) is 0 Å². The zero-order chi connectivity index (χ0) is 12.8. The zero-order valence-electron chi connectivity index (χ0n) is 10.4. The number of nitrogens with one attached hydrogen (secondary N) is 1. The second kappa shape index (κ2) is 6.36. The van der Waals surface area contributed by atoms with Crippen LogP contribution >= 0.6 is 0 Å². The molecule has 5 N–H and O–H groups in total. The van der Waals surface area contributed by atoms with Crippen molar-refractivity contribution in [2.75, 3.05) is 56.2 Å². The van der Waals surface area contributed by atoms with Crippen LogP contribution in [0.5, 0.6) is 0 Å². The topological polar surface area (TPSA) is 102 Å². The first kappa shape index (κ1) is 12.8. The van der Waals surface area contributed by atoms with Gasteiger partial charge in [0.2, 0.25) is 0 Å². The molecule has 0 spiro atoms. The Morgan fingerprint density at radius 3 is 2.83 bits per heavy atom. The third kappa shape index (κ3) is 3.44. The zero-order valence-corrected chi connectivity index (χ0v) is 10.4. The lowest BCUT2D eigenvalue weighted by Gasteiger charge is -2.26. The maximum absolute atomic E-state index is 5.77. The molecule has 1 fully saturated rings. The van der Waals surface area contributed by atoms with Crippen molar-refractivity contribution in [2.45, 2.75) is 6.42 Å². The maximum Gasteiger partial charge on any atom is 0.154 e. The summed E-state index contributed by atoms with van der Waals surface area (Å²) in [5, 5.41) is 3.18. The summed E-state index contributed by atoms with van der Waals surface area (Å²) in [4.78, 5) is 10.3. The van der Waals surface area contributed by atoms with Crippen molar-refractivity contribution >= 4 is 17.3 Å². The average molecular weight is 252 g/mol. The van der Waals surface area contributed by atoms with Crippen molar-refractivity contribution in [3.05, 3.63) is 6.33 Å². The standard InChI is InChI=1S/C11H20N6O/c12-9-10(13)15-8-16-11(9)14-2-1-3-17-4-6-18-7-5-17/h8H,1-7,12H2,(H3,13,14,15,16). The van der Waals surface area contributed by atoms with E-state index in [2.05, 4.69) is 20.2 Å². The lowest BCUT2D eigenvalue weighted by atomic mass is 10.3. The number of hydrogen-bond donors (Lipinski definition) is 3. The van der Waals surface area contributed by atoms with Crippen LogP contribution < -0.4 is 16.8 Å². The Labute approximate surface area is 107 Å². The highest BCUT2D eigenvalue weighted by molar-refractivity contribution is 5.71. The number of rotatable bonds is 5. The fourth-order valence-corrected chi connectivity index (χ4v) is 1.88. The van der Waals surface area contributed by atoms with Gasteiger partial charge in [0.25, 0.3) is 0 Å². The maximum atomic E-state index is 5.77. The Morgan fingerprint density at radius 2 is 2.06 bits per heavy atom. The van der Waals surface area contributed by atoms with E-state index in [-0.39, 0.29) is 0 Å². The van der Waals surface area contributed by atoms with E-state index >= 15 is 0 Å². The number of aromatic nitrogens is 2. The number of morpholine rings is 1. The first-order valence-electron chi connectivity index (χ1n) is 6.17. The van der Waals surface area contributed by atoms with Crippen LogP contribution in [0.25, 0.3) is 0 Å². The van der Waals surface area contributed by atoms with E-state index < -0.39 is 0 Å². The summed E-state index contributed by atoms with van der Waals surface area (Å²) in [6.45, 7) is 5.58. The van der Waals surface area contributed by atoms with Crippen LogP contribution in [0.2, 0.25) is 0 Å². The van der Waals surface area contributed by atoms with E-state index in [0.717, 1.165) is 45.8 Å². The van der Waals surface area contributed by atoms with Gasteiger partial charge in [-0.25, -0.2) is 9.97 Å². The monoisotopic (exact) mass is 252 g/mol. The molecule has 1 aromatic heterocycles. The van der Waals surface area contributed by atoms with Gasteiger partial charge in [0.1, 0.15) is 12.0 Å². The van der Waals surface area contributed by atoms with Crippen LogP contribution in [0.3, 0.4) is 0 Å². The molecule has 100 valence electrons.